The first-order valence-corrected chi connectivity index (χ1v) is 12.0. The molecule has 0 aliphatic carbocycles. The van der Waals surface area contributed by atoms with Crippen LogP contribution in [-0.4, -0.2) is 61.2 Å². The van der Waals surface area contributed by atoms with Crippen LogP contribution in [-0.2, 0) is 27.8 Å². The topological polar surface area (TPSA) is 76.5 Å². The van der Waals surface area contributed by atoms with Crippen molar-refractivity contribution in [3.8, 4) is 0 Å². The van der Waals surface area contributed by atoms with Crippen LogP contribution in [0.2, 0.25) is 0 Å². The molecule has 0 amide bonds. The molecule has 7 nitrogen and oxygen atoms in total. The predicted octanol–water partition coefficient (Wildman–Crippen LogP) is 1.91. The van der Waals surface area contributed by atoms with Crippen LogP contribution in [0, 0.1) is 12.8 Å². The third kappa shape index (κ3) is 5.53. The highest BCUT2D eigenvalue weighted by Crippen LogP contribution is 2.39. The van der Waals surface area contributed by atoms with Gasteiger partial charge in [-0.15, -0.1) is 0 Å². The smallest absolute Gasteiger partial charge is 0.208 e. The molecule has 1 aromatic rings. The van der Waals surface area contributed by atoms with Gasteiger partial charge in [0.25, 0.3) is 0 Å². The highest BCUT2D eigenvalue weighted by atomic mass is 32.2. The SMILES string of the molecule is CCn1ncc(CN2CCC3(CC2)CC(CCNS(C)(=O)=O)CCO3)c1C. The number of likely N-dealkylation sites (tertiary alicyclic amines) is 1. The highest BCUT2D eigenvalue weighted by Gasteiger charge is 2.40. The molecule has 3 heterocycles. The van der Waals surface area contributed by atoms with Gasteiger partial charge in [0.2, 0.25) is 10.0 Å². The van der Waals surface area contributed by atoms with Gasteiger partial charge in [-0.3, -0.25) is 9.58 Å². The van der Waals surface area contributed by atoms with Crippen molar-refractivity contribution in [1.29, 1.82) is 0 Å². The zero-order valence-electron chi connectivity index (χ0n) is 16.9. The van der Waals surface area contributed by atoms with E-state index >= 15 is 0 Å². The van der Waals surface area contributed by atoms with E-state index in [-0.39, 0.29) is 5.60 Å². The standard InChI is InChI=1S/C19H34N4O3S/c1-4-23-16(2)18(14-20-23)15-22-10-7-19(8-11-22)13-17(6-12-26-19)5-9-21-27(3,24)25/h14,17,21H,4-13,15H2,1-3H3. The number of aromatic nitrogens is 2. The van der Waals surface area contributed by atoms with E-state index in [1.165, 1.54) is 17.5 Å². The molecule has 2 aliphatic heterocycles. The molecular weight excluding hydrogens is 364 g/mol. The fraction of sp³-hybridized carbons (Fsp3) is 0.842. The summed E-state index contributed by atoms with van der Waals surface area (Å²) in [6.07, 6.45) is 8.34. The summed E-state index contributed by atoms with van der Waals surface area (Å²) in [6.45, 7) is 9.57. The van der Waals surface area contributed by atoms with Crippen LogP contribution in [0.4, 0.5) is 0 Å². The highest BCUT2D eigenvalue weighted by molar-refractivity contribution is 7.88. The van der Waals surface area contributed by atoms with Crippen molar-refractivity contribution in [2.24, 2.45) is 5.92 Å². The lowest BCUT2D eigenvalue weighted by molar-refractivity contribution is -0.128. The van der Waals surface area contributed by atoms with Crippen LogP contribution >= 0.6 is 0 Å². The van der Waals surface area contributed by atoms with Crippen LogP contribution < -0.4 is 4.72 Å². The summed E-state index contributed by atoms with van der Waals surface area (Å²) in [4.78, 5) is 2.51. The Morgan fingerprint density at radius 2 is 2.11 bits per heavy atom. The Kier molecular flexibility index (Phi) is 6.61. The number of rotatable bonds is 7. The van der Waals surface area contributed by atoms with Crippen LogP contribution in [0.25, 0.3) is 0 Å². The Labute approximate surface area is 163 Å². The van der Waals surface area contributed by atoms with Crippen molar-refractivity contribution >= 4 is 10.0 Å². The molecule has 2 aliphatic rings. The van der Waals surface area contributed by atoms with Gasteiger partial charge in [0.05, 0.1) is 18.1 Å². The van der Waals surface area contributed by atoms with Crippen LogP contribution in [0.1, 0.15) is 50.3 Å². The molecular formula is C19H34N4O3S. The van der Waals surface area contributed by atoms with Gasteiger partial charge in [-0.2, -0.15) is 5.10 Å². The second kappa shape index (κ2) is 8.59. The first kappa shape index (κ1) is 20.8. The van der Waals surface area contributed by atoms with E-state index in [9.17, 15) is 8.42 Å². The summed E-state index contributed by atoms with van der Waals surface area (Å²) in [5, 5.41) is 4.46. The number of nitrogens with zero attached hydrogens (tertiary/aromatic N) is 3. The van der Waals surface area contributed by atoms with Crippen molar-refractivity contribution < 1.29 is 13.2 Å². The summed E-state index contributed by atoms with van der Waals surface area (Å²) < 4.78 is 33.4. The Bertz CT molecular complexity index is 723. The zero-order chi connectivity index (χ0) is 19.5. The lowest BCUT2D eigenvalue weighted by atomic mass is 9.78. The van der Waals surface area contributed by atoms with Gasteiger partial charge < -0.3 is 4.74 Å². The van der Waals surface area contributed by atoms with Crippen LogP contribution in [0.5, 0.6) is 0 Å². The molecule has 0 aromatic carbocycles. The van der Waals surface area contributed by atoms with Crippen molar-refractivity contribution in [3.05, 3.63) is 17.5 Å². The predicted molar refractivity (Wildman–Crippen MR) is 106 cm³/mol. The van der Waals surface area contributed by atoms with Crippen molar-refractivity contribution in [3.63, 3.8) is 0 Å². The Morgan fingerprint density at radius 3 is 2.74 bits per heavy atom. The van der Waals surface area contributed by atoms with Gasteiger partial charge in [-0.25, -0.2) is 13.1 Å². The van der Waals surface area contributed by atoms with E-state index in [2.05, 4.69) is 33.2 Å². The summed E-state index contributed by atoms with van der Waals surface area (Å²) in [5.74, 6) is 0.546. The molecule has 1 aromatic heterocycles. The van der Waals surface area contributed by atoms with E-state index in [1.54, 1.807) is 0 Å². The molecule has 0 saturated carbocycles. The van der Waals surface area contributed by atoms with E-state index < -0.39 is 10.0 Å². The minimum absolute atomic E-state index is 0.00679. The van der Waals surface area contributed by atoms with Crippen molar-refractivity contribution in [2.75, 3.05) is 32.5 Å². The molecule has 27 heavy (non-hydrogen) atoms. The van der Waals surface area contributed by atoms with E-state index in [4.69, 9.17) is 4.74 Å². The molecule has 1 unspecified atom stereocenters. The van der Waals surface area contributed by atoms with E-state index in [0.717, 1.165) is 64.9 Å². The molecule has 8 heteroatoms. The van der Waals surface area contributed by atoms with Gasteiger partial charge in [-0.05, 0) is 51.9 Å². The van der Waals surface area contributed by atoms with E-state index in [1.807, 2.05) is 6.20 Å². The zero-order valence-corrected chi connectivity index (χ0v) is 17.7. The molecule has 1 N–H and O–H groups in total. The second-order valence-corrected chi connectivity index (χ2v) is 10.0. The summed E-state index contributed by atoms with van der Waals surface area (Å²) in [7, 11) is -3.09. The largest absolute Gasteiger partial charge is 0.375 e. The normalized spacial score (nSPS) is 23.7. The van der Waals surface area contributed by atoms with Crippen molar-refractivity contribution in [1.82, 2.24) is 19.4 Å². The van der Waals surface area contributed by atoms with Gasteiger partial charge in [-0.1, -0.05) is 0 Å². The third-order valence-electron chi connectivity index (χ3n) is 6.18. The number of hydrogen-bond donors (Lipinski definition) is 1. The lowest BCUT2D eigenvalue weighted by Crippen LogP contribution is -2.49. The molecule has 154 valence electrons. The minimum atomic E-state index is -3.09. The monoisotopic (exact) mass is 398 g/mol. The molecule has 0 bridgehead atoms. The molecule has 0 radical (unpaired) electrons. The number of nitrogens with one attached hydrogen (secondary N) is 1. The summed E-state index contributed by atoms with van der Waals surface area (Å²) in [5.41, 5.74) is 2.58. The van der Waals surface area contributed by atoms with Gasteiger partial charge in [0.15, 0.2) is 0 Å². The fourth-order valence-corrected chi connectivity index (χ4v) is 4.98. The Morgan fingerprint density at radius 1 is 1.37 bits per heavy atom. The quantitative estimate of drug-likeness (QED) is 0.759. The maximum Gasteiger partial charge on any atom is 0.208 e. The second-order valence-electron chi connectivity index (χ2n) is 8.19. The van der Waals surface area contributed by atoms with Gasteiger partial charge in [0.1, 0.15) is 0 Å². The number of aryl methyl sites for hydroxylation is 1. The maximum atomic E-state index is 11.3. The number of hydrogen-bond acceptors (Lipinski definition) is 5. The van der Waals surface area contributed by atoms with Crippen LogP contribution in [0.3, 0.4) is 0 Å². The molecule has 1 atom stereocenters. The average Bonchev–Trinajstić information content (AvgIpc) is 2.96. The minimum Gasteiger partial charge on any atom is -0.375 e. The Hall–Kier alpha value is -0.960. The van der Waals surface area contributed by atoms with E-state index in [0.29, 0.717) is 12.5 Å². The number of ether oxygens (including phenoxy) is 1. The number of sulfonamides is 1. The lowest BCUT2D eigenvalue weighted by Gasteiger charge is -2.46. The fourth-order valence-electron chi connectivity index (χ4n) is 4.49. The Balaban J connectivity index is 1.49. The molecule has 2 fully saturated rings. The molecule has 1 spiro atoms. The molecule has 3 rings (SSSR count). The molecule has 2 saturated heterocycles. The van der Waals surface area contributed by atoms with Gasteiger partial charge in [0, 0.05) is 50.6 Å². The average molecular weight is 399 g/mol. The maximum absolute atomic E-state index is 11.3. The number of piperidine rings is 1. The summed E-state index contributed by atoms with van der Waals surface area (Å²) in [6, 6.07) is 0. The van der Waals surface area contributed by atoms with Crippen molar-refractivity contribution in [2.45, 2.75) is 64.6 Å². The first-order valence-electron chi connectivity index (χ1n) is 10.1. The summed E-state index contributed by atoms with van der Waals surface area (Å²) >= 11 is 0. The first-order chi connectivity index (χ1) is 12.8. The third-order valence-corrected chi connectivity index (χ3v) is 6.91. The van der Waals surface area contributed by atoms with Crippen LogP contribution in [0.15, 0.2) is 6.20 Å². The van der Waals surface area contributed by atoms with Gasteiger partial charge >= 0.3 is 0 Å².